The molecule has 2 aromatic carbocycles. The first kappa shape index (κ1) is 18.7. The van der Waals surface area contributed by atoms with Gasteiger partial charge in [0.25, 0.3) is 0 Å². The second kappa shape index (κ2) is 8.51. The lowest BCUT2D eigenvalue weighted by molar-refractivity contribution is -0.230. The van der Waals surface area contributed by atoms with E-state index in [4.69, 9.17) is 14.2 Å². The Morgan fingerprint density at radius 2 is 1.81 bits per heavy atom. The van der Waals surface area contributed by atoms with Crippen molar-refractivity contribution in [1.29, 1.82) is 0 Å². The molecule has 1 aliphatic rings. The van der Waals surface area contributed by atoms with Gasteiger partial charge in [-0.2, -0.15) is 0 Å². The van der Waals surface area contributed by atoms with Crippen molar-refractivity contribution in [2.24, 2.45) is 0 Å². The van der Waals surface area contributed by atoms with Gasteiger partial charge in [0, 0.05) is 12.8 Å². The summed E-state index contributed by atoms with van der Waals surface area (Å²) in [5, 5.41) is 29.1. The predicted molar refractivity (Wildman–Crippen MR) is 95.2 cm³/mol. The van der Waals surface area contributed by atoms with Crippen molar-refractivity contribution in [3.05, 3.63) is 59.7 Å². The third-order valence-corrected chi connectivity index (χ3v) is 4.50. The number of para-hydroxylation sites is 1. The van der Waals surface area contributed by atoms with Gasteiger partial charge < -0.3 is 29.5 Å². The minimum absolute atomic E-state index is 0.133. The summed E-state index contributed by atoms with van der Waals surface area (Å²) >= 11 is 0. The van der Waals surface area contributed by atoms with Crippen molar-refractivity contribution < 1.29 is 29.5 Å². The average Bonchev–Trinajstić information content (AvgIpc) is 2.66. The van der Waals surface area contributed by atoms with Crippen LogP contribution < -0.4 is 9.47 Å². The summed E-state index contributed by atoms with van der Waals surface area (Å²) in [5.74, 6) is 1.45. The first-order valence-electron chi connectivity index (χ1n) is 8.60. The molecule has 6 heteroatoms. The van der Waals surface area contributed by atoms with Crippen LogP contribution in [0.1, 0.15) is 17.5 Å². The van der Waals surface area contributed by atoms with Gasteiger partial charge in [-0.05, 0) is 29.3 Å². The van der Waals surface area contributed by atoms with E-state index < -0.39 is 24.6 Å². The summed E-state index contributed by atoms with van der Waals surface area (Å²) in [7, 11) is 1.63. The first-order chi connectivity index (χ1) is 12.6. The SMILES string of the molecule is COc1ccc(Cc2ccccc2O[C@H]2C[C@@H](O)[C@H](O)C(CO)O2)cc1. The van der Waals surface area contributed by atoms with Crippen molar-refractivity contribution in [3.8, 4) is 11.5 Å². The average molecular weight is 360 g/mol. The van der Waals surface area contributed by atoms with Crippen LogP contribution in [-0.4, -0.2) is 53.6 Å². The van der Waals surface area contributed by atoms with Crippen molar-refractivity contribution >= 4 is 0 Å². The third kappa shape index (κ3) is 4.34. The van der Waals surface area contributed by atoms with E-state index in [0.717, 1.165) is 16.9 Å². The lowest BCUT2D eigenvalue weighted by atomic mass is 10.0. The normalized spacial score (nSPS) is 25.7. The molecule has 6 nitrogen and oxygen atoms in total. The van der Waals surface area contributed by atoms with Gasteiger partial charge in [-0.25, -0.2) is 0 Å². The van der Waals surface area contributed by atoms with E-state index in [2.05, 4.69) is 0 Å². The fourth-order valence-corrected chi connectivity index (χ4v) is 3.01. The fourth-order valence-electron chi connectivity index (χ4n) is 3.01. The van der Waals surface area contributed by atoms with Crippen LogP contribution >= 0.6 is 0 Å². The van der Waals surface area contributed by atoms with Crippen LogP contribution in [0.2, 0.25) is 0 Å². The van der Waals surface area contributed by atoms with E-state index in [-0.39, 0.29) is 13.0 Å². The smallest absolute Gasteiger partial charge is 0.202 e. The second-order valence-corrected chi connectivity index (χ2v) is 6.33. The quantitative estimate of drug-likeness (QED) is 0.723. The summed E-state index contributed by atoms with van der Waals surface area (Å²) in [4.78, 5) is 0. The molecule has 0 amide bonds. The van der Waals surface area contributed by atoms with Crippen molar-refractivity contribution in [3.63, 3.8) is 0 Å². The fraction of sp³-hybridized carbons (Fsp3) is 0.400. The summed E-state index contributed by atoms with van der Waals surface area (Å²) in [6.07, 6.45) is -2.91. The van der Waals surface area contributed by atoms with Crippen LogP contribution in [0.4, 0.5) is 0 Å². The monoisotopic (exact) mass is 360 g/mol. The Morgan fingerprint density at radius 3 is 2.50 bits per heavy atom. The third-order valence-electron chi connectivity index (χ3n) is 4.50. The van der Waals surface area contributed by atoms with Gasteiger partial charge in [-0.1, -0.05) is 30.3 Å². The zero-order chi connectivity index (χ0) is 18.5. The summed E-state index contributed by atoms with van der Waals surface area (Å²) in [6.45, 7) is -0.383. The van der Waals surface area contributed by atoms with Crippen LogP contribution in [0.15, 0.2) is 48.5 Å². The molecule has 0 aromatic heterocycles. The van der Waals surface area contributed by atoms with Crippen LogP contribution in [0.25, 0.3) is 0 Å². The Kier molecular flexibility index (Phi) is 6.11. The van der Waals surface area contributed by atoms with E-state index in [0.29, 0.717) is 12.2 Å². The summed E-state index contributed by atoms with van der Waals surface area (Å²) in [5.41, 5.74) is 2.08. The number of benzene rings is 2. The van der Waals surface area contributed by atoms with E-state index >= 15 is 0 Å². The van der Waals surface area contributed by atoms with Crippen LogP contribution in [0.5, 0.6) is 11.5 Å². The van der Waals surface area contributed by atoms with Crippen LogP contribution in [0.3, 0.4) is 0 Å². The molecule has 0 bridgehead atoms. The Bertz CT molecular complexity index is 702. The molecule has 4 atom stereocenters. The van der Waals surface area contributed by atoms with Crippen molar-refractivity contribution in [2.45, 2.75) is 37.4 Å². The Hall–Kier alpha value is -2.12. The Morgan fingerprint density at radius 1 is 1.08 bits per heavy atom. The predicted octanol–water partition coefficient (Wildman–Crippen LogP) is 1.49. The second-order valence-electron chi connectivity index (χ2n) is 6.33. The first-order valence-corrected chi connectivity index (χ1v) is 8.60. The molecule has 3 N–H and O–H groups in total. The van der Waals surface area contributed by atoms with Gasteiger partial charge in [0.1, 0.15) is 23.7 Å². The number of hydrogen-bond acceptors (Lipinski definition) is 6. The number of aliphatic hydroxyl groups is 3. The highest BCUT2D eigenvalue weighted by Crippen LogP contribution is 2.27. The number of hydrogen-bond donors (Lipinski definition) is 3. The molecule has 0 saturated carbocycles. The molecule has 0 radical (unpaired) electrons. The van der Waals surface area contributed by atoms with Gasteiger partial charge in [-0.3, -0.25) is 0 Å². The summed E-state index contributed by atoms with van der Waals surface area (Å²) in [6, 6.07) is 15.4. The van der Waals surface area contributed by atoms with Crippen molar-refractivity contribution in [2.75, 3.05) is 13.7 Å². The topological polar surface area (TPSA) is 88.4 Å². The molecule has 0 spiro atoms. The molecule has 3 rings (SSSR count). The van der Waals surface area contributed by atoms with Crippen LogP contribution in [0, 0.1) is 0 Å². The Balaban J connectivity index is 1.72. The molecule has 1 unspecified atom stereocenters. The maximum Gasteiger partial charge on any atom is 0.202 e. The number of methoxy groups -OCH3 is 1. The molecule has 1 saturated heterocycles. The number of rotatable bonds is 6. The van der Waals surface area contributed by atoms with Crippen LogP contribution in [-0.2, 0) is 11.2 Å². The highest BCUT2D eigenvalue weighted by molar-refractivity contribution is 5.39. The van der Waals surface area contributed by atoms with Gasteiger partial charge >= 0.3 is 0 Å². The van der Waals surface area contributed by atoms with Gasteiger partial charge in [0.05, 0.1) is 19.8 Å². The van der Waals surface area contributed by atoms with E-state index in [1.165, 1.54) is 0 Å². The van der Waals surface area contributed by atoms with E-state index in [1.807, 2.05) is 48.5 Å². The molecule has 1 heterocycles. The molecule has 140 valence electrons. The lowest BCUT2D eigenvalue weighted by Gasteiger charge is -2.36. The van der Waals surface area contributed by atoms with Crippen molar-refractivity contribution in [1.82, 2.24) is 0 Å². The van der Waals surface area contributed by atoms with Gasteiger partial charge in [-0.15, -0.1) is 0 Å². The maximum absolute atomic E-state index is 9.95. The molecular formula is C20H24O6. The van der Waals surface area contributed by atoms with Gasteiger partial charge in [0.2, 0.25) is 6.29 Å². The standard InChI is InChI=1S/C20H24O6/c1-24-15-8-6-13(7-9-15)10-14-4-2-3-5-17(14)25-19-11-16(22)20(23)18(12-21)26-19/h2-9,16,18-23H,10-12H2,1H3/t16-,18?,19-,20+/m1/s1. The molecular weight excluding hydrogens is 336 g/mol. The Labute approximate surface area is 152 Å². The minimum Gasteiger partial charge on any atom is -0.497 e. The highest BCUT2D eigenvalue weighted by atomic mass is 16.7. The molecule has 1 aliphatic heterocycles. The largest absolute Gasteiger partial charge is 0.497 e. The zero-order valence-electron chi connectivity index (χ0n) is 14.6. The van der Waals surface area contributed by atoms with E-state index in [9.17, 15) is 15.3 Å². The summed E-state index contributed by atoms with van der Waals surface area (Å²) < 4.78 is 16.7. The van der Waals surface area contributed by atoms with Gasteiger partial charge in [0.15, 0.2) is 0 Å². The highest BCUT2D eigenvalue weighted by Gasteiger charge is 2.37. The maximum atomic E-state index is 9.95. The number of ether oxygens (including phenoxy) is 3. The molecule has 26 heavy (non-hydrogen) atoms. The van der Waals surface area contributed by atoms with E-state index in [1.54, 1.807) is 7.11 Å². The minimum atomic E-state index is -1.12. The number of aliphatic hydroxyl groups excluding tert-OH is 3. The molecule has 0 aliphatic carbocycles. The lowest BCUT2D eigenvalue weighted by Crippen LogP contribution is -2.51. The molecule has 1 fully saturated rings. The molecule has 2 aromatic rings. The zero-order valence-corrected chi connectivity index (χ0v) is 14.6.